The standard InChI is InChI=1S/C19H26O7/c1-15(2,3)19-8-11-16(6-5-7-18(16,26-19)14(21)25-11)17(19)9-23-13(20)12(17)24-10-22-4/h11-12H,5-10H2,1-4H3/t11-,12+,16?,17+,18-,19-/m1/s1. The van der Waals surface area contributed by atoms with Crippen LogP contribution in [0.5, 0.6) is 0 Å². The Bertz CT molecular complexity index is 698. The van der Waals surface area contributed by atoms with Gasteiger partial charge in [0.1, 0.15) is 19.5 Å². The summed E-state index contributed by atoms with van der Waals surface area (Å²) in [6.07, 6.45) is 1.79. The van der Waals surface area contributed by atoms with Crippen molar-refractivity contribution in [2.45, 2.75) is 69.9 Å². The fourth-order valence-electron chi connectivity index (χ4n) is 7.28. The number of carbonyl (C=O) groups is 2. The van der Waals surface area contributed by atoms with Crippen molar-refractivity contribution in [1.29, 1.82) is 0 Å². The van der Waals surface area contributed by atoms with Crippen LogP contribution in [0.1, 0.15) is 46.5 Å². The topological polar surface area (TPSA) is 80.3 Å². The minimum absolute atomic E-state index is 0.00963. The van der Waals surface area contributed by atoms with E-state index < -0.39 is 34.1 Å². The average Bonchev–Trinajstić information content (AvgIpc) is 3.24. The van der Waals surface area contributed by atoms with Gasteiger partial charge in [0.15, 0.2) is 11.7 Å². The highest BCUT2D eigenvalue weighted by Crippen LogP contribution is 2.84. The smallest absolute Gasteiger partial charge is 0.339 e. The maximum atomic E-state index is 13.0. The lowest BCUT2D eigenvalue weighted by Crippen LogP contribution is -2.61. The Balaban J connectivity index is 1.78. The van der Waals surface area contributed by atoms with Gasteiger partial charge in [-0.15, -0.1) is 0 Å². The molecule has 2 bridgehead atoms. The summed E-state index contributed by atoms with van der Waals surface area (Å²) in [5.74, 6) is -0.663. The first-order valence-electron chi connectivity index (χ1n) is 9.41. The van der Waals surface area contributed by atoms with E-state index in [1.807, 2.05) is 0 Å². The fraction of sp³-hybridized carbons (Fsp3) is 0.895. The predicted octanol–water partition coefficient (Wildman–Crippen LogP) is 1.57. The first-order chi connectivity index (χ1) is 12.2. The normalized spacial score (nSPS) is 51.2. The number of ether oxygens (including phenoxy) is 5. The summed E-state index contributed by atoms with van der Waals surface area (Å²) in [5.41, 5.74) is -3.37. The first kappa shape index (κ1) is 17.0. The van der Waals surface area contributed by atoms with Gasteiger partial charge in [0.05, 0.1) is 16.4 Å². The number of esters is 2. The monoisotopic (exact) mass is 366 g/mol. The van der Waals surface area contributed by atoms with Crippen molar-refractivity contribution in [1.82, 2.24) is 0 Å². The fourth-order valence-corrected chi connectivity index (χ4v) is 7.28. The van der Waals surface area contributed by atoms with E-state index in [1.165, 1.54) is 7.11 Å². The molecule has 2 spiro atoms. The van der Waals surface area contributed by atoms with Crippen molar-refractivity contribution in [3.05, 3.63) is 0 Å². The summed E-state index contributed by atoms with van der Waals surface area (Å²) in [6, 6.07) is 0. The third kappa shape index (κ3) is 1.35. The Labute approximate surface area is 152 Å². The number of carbonyl (C=O) groups excluding carboxylic acids is 2. The van der Waals surface area contributed by atoms with E-state index in [9.17, 15) is 9.59 Å². The molecule has 3 heterocycles. The SMILES string of the molecule is COCO[C@H]1C(=O)OC[C@@]12C13CCC[C@]14O[C@@]2(C(C)(C)C)C[C@H]3OC4=O. The van der Waals surface area contributed by atoms with E-state index in [4.69, 9.17) is 23.7 Å². The van der Waals surface area contributed by atoms with Gasteiger partial charge in [-0.05, 0) is 24.7 Å². The summed E-state index contributed by atoms with van der Waals surface area (Å²) in [4.78, 5) is 25.7. The molecule has 5 fully saturated rings. The highest BCUT2D eigenvalue weighted by atomic mass is 16.7. The van der Waals surface area contributed by atoms with Crippen LogP contribution in [0.25, 0.3) is 0 Å². The summed E-state index contributed by atoms with van der Waals surface area (Å²) >= 11 is 0. The number of rotatable bonds is 3. The molecule has 3 aliphatic heterocycles. The molecule has 0 amide bonds. The van der Waals surface area contributed by atoms with Crippen LogP contribution in [-0.2, 0) is 33.3 Å². The third-order valence-corrected chi connectivity index (χ3v) is 7.96. The number of cyclic esters (lactones) is 1. The van der Waals surface area contributed by atoms with Gasteiger partial charge in [-0.3, -0.25) is 0 Å². The van der Waals surface area contributed by atoms with E-state index in [2.05, 4.69) is 20.8 Å². The number of hydrogen-bond donors (Lipinski definition) is 0. The van der Waals surface area contributed by atoms with Gasteiger partial charge in [0.25, 0.3) is 0 Å². The van der Waals surface area contributed by atoms with E-state index >= 15 is 0 Å². The Morgan fingerprint density at radius 1 is 1.19 bits per heavy atom. The zero-order chi connectivity index (χ0) is 18.6. The summed E-state index contributed by atoms with van der Waals surface area (Å²) in [6.45, 7) is 6.50. The summed E-state index contributed by atoms with van der Waals surface area (Å²) < 4.78 is 29.3. The zero-order valence-electron chi connectivity index (χ0n) is 15.8. The van der Waals surface area contributed by atoms with Crippen molar-refractivity contribution < 1.29 is 33.3 Å². The van der Waals surface area contributed by atoms with Crippen LogP contribution in [0.3, 0.4) is 0 Å². The Hall–Kier alpha value is -1.18. The van der Waals surface area contributed by atoms with Crippen LogP contribution in [0.2, 0.25) is 0 Å². The molecule has 0 N–H and O–H groups in total. The second-order valence-corrected chi connectivity index (χ2v) is 9.46. The maximum Gasteiger partial charge on any atom is 0.339 e. The summed E-state index contributed by atoms with van der Waals surface area (Å²) in [7, 11) is 1.53. The zero-order valence-corrected chi connectivity index (χ0v) is 15.8. The van der Waals surface area contributed by atoms with Gasteiger partial charge in [-0.2, -0.15) is 0 Å². The average molecular weight is 366 g/mol. The molecule has 0 radical (unpaired) electrons. The molecule has 0 aromatic rings. The van der Waals surface area contributed by atoms with E-state index in [0.29, 0.717) is 12.8 Å². The van der Waals surface area contributed by atoms with Gasteiger partial charge < -0.3 is 23.7 Å². The first-order valence-corrected chi connectivity index (χ1v) is 9.41. The maximum absolute atomic E-state index is 13.0. The molecule has 7 nitrogen and oxygen atoms in total. The van der Waals surface area contributed by atoms with Crippen LogP contribution in [0.15, 0.2) is 0 Å². The number of hydrogen-bond acceptors (Lipinski definition) is 7. The molecule has 0 aromatic heterocycles. The van der Waals surface area contributed by atoms with E-state index in [1.54, 1.807) is 0 Å². The lowest BCUT2D eigenvalue weighted by molar-refractivity contribution is -0.209. The second-order valence-electron chi connectivity index (χ2n) is 9.46. The predicted molar refractivity (Wildman–Crippen MR) is 86.9 cm³/mol. The third-order valence-electron chi connectivity index (χ3n) is 7.96. The second kappa shape index (κ2) is 4.62. The molecule has 26 heavy (non-hydrogen) atoms. The van der Waals surface area contributed by atoms with Gasteiger partial charge in [0.2, 0.25) is 0 Å². The molecule has 2 aliphatic carbocycles. The molecule has 7 heteroatoms. The van der Waals surface area contributed by atoms with Crippen molar-refractivity contribution in [3.63, 3.8) is 0 Å². The van der Waals surface area contributed by atoms with Crippen LogP contribution < -0.4 is 0 Å². The molecule has 5 rings (SSSR count). The lowest BCUT2D eigenvalue weighted by Gasteiger charge is -2.49. The van der Waals surface area contributed by atoms with Crippen LogP contribution in [-0.4, -0.2) is 55.9 Å². The molecule has 2 saturated carbocycles. The molecule has 1 unspecified atom stereocenters. The molecule has 6 atom stereocenters. The van der Waals surface area contributed by atoms with Crippen molar-refractivity contribution >= 4 is 11.9 Å². The highest BCUT2D eigenvalue weighted by Gasteiger charge is 2.97. The van der Waals surface area contributed by atoms with Crippen molar-refractivity contribution in [3.8, 4) is 0 Å². The largest absolute Gasteiger partial charge is 0.463 e. The van der Waals surface area contributed by atoms with Gasteiger partial charge in [-0.25, -0.2) is 9.59 Å². The van der Waals surface area contributed by atoms with Gasteiger partial charge >= 0.3 is 11.9 Å². The molecule has 5 aliphatic rings. The van der Waals surface area contributed by atoms with Crippen LogP contribution in [0.4, 0.5) is 0 Å². The minimum atomic E-state index is -0.980. The lowest BCUT2D eigenvalue weighted by atomic mass is 9.52. The van der Waals surface area contributed by atoms with Crippen molar-refractivity contribution in [2.75, 3.05) is 20.5 Å². The van der Waals surface area contributed by atoms with Crippen molar-refractivity contribution in [2.24, 2.45) is 16.2 Å². The molecular weight excluding hydrogens is 340 g/mol. The quantitative estimate of drug-likeness (QED) is 0.554. The minimum Gasteiger partial charge on any atom is -0.463 e. The Kier molecular flexibility index (Phi) is 3.01. The highest BCUT2D eigenvalue weighted by molar-refractivity contribution is 5.89. The van der Waals surface area contributed by atoms with Crippen LogP contribution in [0, 0.1) is 16.2 Å². The van der Waals surface area contributed by atoms with Gasteiger partial charge in [0, 0.05) is 13.5 Å². The molecule has 144 valence electrons. The van der Waals surface area contributed by atoms with E-state index in [-0.39, 0.29) is 30.9 Å². The molecule has 0 aromatic carbocycles. The molecule has 3 saturated heterocycles. The summed E-state index contributed by atoms with van der Waals surface area (Å²) in [5, 5.41) is 0. The van der Waals surface area contributed by atoms with Gasteiger partial charge in [-0.1, -0.05) is 20.8 Å². The Morgan fingerprint density at radius 2 is 1.96 bits per heavy atom. The molecular formula is C19H26O7. The Morgan fingerprint density at radius 3 is 2.65 bits per heavy atom. The van der Waals surface area contributed by atoms with Crippen LogP contribution >= 0.6 is 0 Å². The van der Waals surface area contributed by atoms with E-state index in [0.717, 1.165) is 12.8 Å². The number of methoxy groups -OCH3 is 1.